The van der Waals surface area contributed by atoms with E-state index in [1.54, 1.807) is 19.1 Å². The molecule has 5 heteroatoms. The van der Waals surface area contributed by atoms with Crippen LogP contribution in [0.25, 0.3) is 0 Å². The number of nitrogens with one attached hydrogen (secondary N) is 1. The van der Waals surface area contributed by atoms with Crippen molar-refractivity contribution in [3.63, 3.8) is 0 Å². The lowest BCUT2D eigenvalue weighted by Gasteiger charge is -2.15. The fourth-order valence-electron chi connectivity index (χ4n) is 1.51. The van der Waals surface area contributed by atoms with Crippen LogP contribution in [0.15, 0.2) is 35.5 Å². The summed E-state index contributed by atoms with van der Waals surface area (Å²) in [7, 11) is 0. The van der Waals surface area contributed by atoms with Crippen molar-refractivity contribution in [1.82, 2.24) is 5.43 Å². The summed E-state index contributed by atoms with van der Waals surface area (Å²) in [4.78, 5) is 11.7. The zero-order valence-corrected chi connectivity index (χ0v) is 8.21. The van der Waals surface area contributed by atoms with Crippen LogP contribution in [-0.2, 0) is 4.79 Å². The molecule has 2 N–H and O–H groups in total. The smallest absolute Gasteiger partial charge is 0.292 e. The summed E-state index contributed by atoms with van der Waals surface area (Å²) in [6.45, 7) is 1.76. The predicted molar refractivity (Wildman–Crippen MR) is 55.7 cm³/mol. The minimum Gasteiger partial charge on any atom is -0.410 e. The number of hydrazine groups is 1. The molecule has 1 aromatic carbocycles. The third-order valence-corrected chi connectivity index (χ3v) is 2.28. The van der Waals surface area contributed by atoms with Crippen LogP contribution in [0.5, 0.6) is 0 Å². The maximum Gasteiger partial charge on any atom is 0.292 e. The van der Waals surface area contributed by atoms with Crippen LogP contribution in [0.4, 0.5) is 5.69 Å². The van der Waals surface area contributed by atoms with Gasteiger partial charge in [0.05, 0.1) is 11.7 Å². The van der Waals surface area contributed by atoms with E-state index < -0.39 is 0 Å². The standard InChI is InChI=1S/C10H11N3O2/c1-7-9(12-15)10(14)13(11-7)8-5-3-2-4-6-8/h2-7,11,15H,1H3/b12-9-/t7-/m1/s1. The molecule has 1 saturated heterocycles. The van der Waals surface area contributed by atoms with Gasteiger partial charge in [-0.05, 0) is 19.1 Å². The number of para-hydroxylation sites is 1. The molecule has 0 radical (unpaired) electrons. The molecule has 1 amide bonds. The van der Waals surface area contributed by atoms with Gasteiger partial charge in [0.1, 0.15) is 0 Å². The Labute approximate surface area is 87.0 Å². The number of anilines is 1. The predicted octanol–water partition coefficient (Wildman–Crippen LogP) is 0.756. The Kier molecular flexibility index (Phi) is 2.39. The van der Waals surface area contributed by atoms with Crippen LogP contribution in [0.1, 0.15) is 6.92 Å². The number of carbonyl (C=O) groups excluding carboxylic acids is 1. The molecule has 0 aromatic heterocycles. The van der Waals surface area contributed by atoms with Crippen molar-refractivity contribution in [2.24, 2.45) is 5.16 Å². The minimum absolute atomic E-state index is 0.124. The van der Waals surface area contributed by atoms with E-state index in [2.05, 4.69) is 10.6 Å². The summed E-state index contributed by atoms with van der Waals surface area (Å²) in [6.07, 6.45) is 0. The first kappa shape index (κ1) is 9.67. The number of rotatable bonds is 1. The van der Waals surface area contributed by atoms with E-state index in [4.69, 9.17) is 5.21 Å². The van der Waals surface area contributed by atoms with E-state index in [-0.39, 0.29) is 17.7 Å². The van der Waals surface area contributed by atoms with E-state index in [1.165, 1.54) is 5.01 Å². The van der Waals surface area contributed by atoms with Crippen LogP contribution in [0.3, 0.4) is 0 Å². The summed E-state index contributed by atoms with van der Waals surface area (Å²) < 4.78 is 0. The van der Waals surface area contributed by atoms with Crippen molar-refractivity contribution in [3.8, 4) is 0 Å². The average Bonchev–Trinajstić information content (AvgIpc) is 2.55. The zero-order chi connectivity index (χ0) is 10.8. The Morgan fingerprint density at radius 2 is 2.07 bits per heavy atom. The molecular weight excluding hydrogens is 194 g/mol. The molecule has 0 bridgehead atoms. The number of amides is 1. The summed E-state index contributed by atoms with van der Waals surface area (Å²) in [6, 6.07) is 8.87. The Morgan fingerprint density at radius 3 is 2.60 bits per heavy atom. The van der Waals surface area contributed by atoms with Gasteiger partial charge in [-0.25, -0.2) is 10.4 Å². The molecule has 0 saturated carbocycles. The second-order valence-corrected chi connectivity index (χ2v) is 3.31. The summed E-state index contributed by atoms with van der Waals surface area (Å²) in [5.74, 6) is -0.323. The molecule has 78 valence electrons. The highest BCUT2D eigenvalue weighted by atomic mass is 16.4. The molecule has 2 rings (SSSR count). The molecule has 0 unspecified atom stereocenters. The molecule has 1 aliphatic heterocycles. The number of benzene rings is 1. The molecule has 0 aliphatic carbocycles. The minimum atomic E-state index is -0.323. The summed E-state index contributed by atoms with van der Waals surface area (Å²) in [5, 5.41) is 13.0. The first-order valence-electron chi connectivity index (χ1n) is 4.61. The average molecular weight is 205 g/mol. The molecule has 0 spiro atoms. The third-order valence-electron chi connectivity index (χ3n) is 2.28. The van der Waals surface area contributed by atoms with Gasteiger partial charge in [-0.2, -0.15) is 0 Å². The third kappa shape index (κ3) is 1.57. The molecule has 5 nitrogen and oxygen atoms in total. The van der Waals surface area contributed by atoms with Gasteiger partial charge in [-0.3, -0.25) is 4.79 Å². The lowest BCUT2D eigenvalue weighted by molar-refractivity contribution is -0.112. The van der Waals surface area contributed by atoms with Crippen LogP contribution < -0.4 is 10.4 Å². The molecule has 1 atom stereocenters. The van der Waals surface area contributed by atoms with Gasteiger partial charge in [0.25, 0.3) is 5.91 Å². The van der Waals surface area contributed by atoms with Gasteiger partial charge in [0, 0.05) is 0 Å². The number of hydrogen-bond acceptors (Lipinski definition) is 4. The largest absolute Gasteiger partial charge is 0.410 e. The van der Waals surface area contributed by atoms with Crippen LogP contribution >= 0.6 is 0 Å². The summed E-state index contributed by atoms with van der Waals surface area (Å²) in [5.41, 5.74) is 3.77. The zero-order valence-electron chi connectivity index (χ0n) is 8.21. The SMILES string of the molecule is C[C@H]1NN(c2ccccc2)C(=O)/C1=N\O. The molecule has 1 aromatic rings. The van der Waals surface area contributed by atoms with Crippen molar-refractivity contribution in [2.45, 2.75) is 13.0 Å². The molecule has 1 fully saturated rings. The highest BCUT2D eigenvalue weighted by Gasteiger charge is 2.35. The Hall–Kier alpha value is -1.88. The molecule has 1 heterocycles. The van der Waals surface area contributed by atoms with Gasteiger partial charge in [0.15, 0.2) is 5.71 Å². The lowest BCUT2D eigenvalue weighted by Crippen LogP contribution is -2.36. The monoisotopic (exact) mass is 205 g/mol. The van der Waals surface area contributed by atoms with E-state index in [9.17, 15) is 4.79 Å². The summed E-state index contributed by atoms with van der Waals surface area (Å²) >= 11 is 0. The first-order valence-corrected chi connectivity index (χ1v) is 4.61. The van der Waals surface area contributed by atoms with Crippen molar-refractivity contribution in [1.29, 1.82) is 0 Å². The fourth-order valence-corrected chi connectivity index (χ4v) is 1.51. The van der Waals surface area contributed by atoms with Gasteiger partial charge in [-0.15, -0.1) is 0 Å². The highest BCUT2D eigenvalue weighted by Crippen LogP contribution is 2.16. The molecule has 15 heavy (non-hydrogen) atoms. The van der Waals surface area contributed by atoms with E-state index >= 15 is 0 Å². The lowest BCUT2D eigenvalue weighted by atomic mass is 10.2. The van der Waals surface area contributed by atoms with Crippen molar-refractivity contribution in [3.05, 3.63) is 30.3 Å². The van der Waals surface area contributed by atoms with E-state index in [0.29, 0.717) is 0 Å². The van der Waals surface area contributed by atoms with Gasteiger partial charge >= 0.3 is 0 Å². The Bertz CT molecular complexity index is 402. The first-order chi connectivity index (χ1) is 7.24. The van der Waals surface area contributed by atoms with Crippen molar-refractivity contribution < 1.29 is 10.0 Å². The second-order valence-electron chi connectivity index (χ2n) is 3.31. The number of oxime groups is 1. The Morgan fingerprint density at radius 1 is 1.40 bits per heavy atom. The number of hydrogen-bond donors (Lipinski definition) is 2. The number of nitrogens with zero attached hydrogens (tertiary/aromatic N) is 2. The molecular formula is C10H11N3O2. The second kappa shape index (κ2) is 3.70. The quantitative estimate of drug-likeness (QED) is 0.525. The van der Waals surface area contributed by atoms with Gasteiger partial charge in [0.2, 0.25) is 0 Å². The van der Waals surface area contributed by atoms with Crippen LogP contribution in [0.2, 0.25) is 0 Å². The molecule has 1 aliphatic rings. The highest BCUT2D eigenvalue weighted by molar-refractivity contribution is 6.47. The van der Waals surface area contributed by atoms with Crippen molar-refractivity contribution >= 4 is 17.3 Å². The van der Waals surface area contributed by atoms with E-state index in [1.807, 2.05) is 18.2 Å². The maximum atomic E-state index is 11.7. The normalized spacial score (nSPS) is 23.8. The number of carbonyl (C=O) groups is 1. The Balaban J connectivity index is 2.31. The fraction of sp³-hybridized carbons (Fsp3) is 0.200. The van der Waals surface area contributed by atoms with Gasteiger partial charge in [-0.1, -0.05) is 23.4 Å². The van der Waals surface area contributed by atoms with Crippen LogP contribution in [0, 0.1) is 0 Å². The van der Waals surface area contributed by atoms with Crippen molar-refractivity contribution in [2.75, 3.05) is 5.01 Å². The topological polar surface area (TPSA) is 64.9 Å². The maximum absolute atomic E-state index is 11.7. The van der Waals surface area contributed by atoms with E-state index in [0.717, 1.165) is 5.69 Å². The van der Waals surface area contributed by atoms with Crippen LogP contribution in [-0.4, -0.2) is 22.9 Å². The van der Waals surface area contributed by atoms with Gasteiger partial charge < -0.3 is 5.21 Å².